The lowest BCUT2D eigenvalue weighted by Gasteiger charge is -2.12. The molecule has 3 aromatic rings. The van der Waals surface area contributed by atoms with Crippen LogP contribution in [0.2, 0.25) is 0 Å². The summed E-state index contributed by atoms with van der Waals surface area (Å²) in [6.07, 6.45) is 1.63. The molecule has 108 valence electrons. The minimum atomic E-state index is 0.154. The fourth-order valence-corrected chi connectivity index (χ4v) is 1.98. The van der Waals surface area contributed by atoms with Crippen molar-refractivity contribution in [1.82, 2.24) is 20.2 Å². The Labute approximate surface area is 120 Å². The highest BCUT2D eigenvalue weighted by Gasteiger charge is 2.11. The first-order chi connectivity index (χ1) is 10.2. The van der Waals surface area contributed by atoms with Crippen LogP contribution in [0.1, 0.15) is 0 Å². The minimum absolute atomic E-state index is 0.154. The first-order valence-electron chi connectivity index (χ1n) is 6.17. The molecule has 3 rings (SSSR count). The Kier molecular flexibility index (Phi) is 3.19. The van der Waals surface area contributed by atoms with E-state index in [-0.39, 0.29) is 5.95 Å². The van der Waals surface area contributed by atoms with E-state index in [1.165, 1.54) is 0 Å². The number of aromatic amines is 1. The van der Waals surface area contributed by atoms with Gasteiger partial charge in [0.25, 0.3) is 0 Å². The van der Waals surface area contributed by atoms with Gasteiger partial charge >= 0.3 is 0 Å². The number of nitrogen functional groups attached to an aromatic ring is 1. The molecule has 0 atom stereocenters. The average molecular weight is 286 g/mol. The molecule has 0 fully saturated rings. The molecule has 0 amide bonds. The van der Waals surface area contributed by atoms with Crippen molar-refractivity contribution < 1.29 is 9.47 Å². The number of H-pyrrole nitrogens is 1. The van der Waals surface area contributed by atoms with E-state index >= 15 is 0 Å². The van der Waals surface area contributed by atoms with Crippen molar-refractivity contribution in [2.45, 2.75) is 0 Å². The molecule has 2 heterocycles. The van der Waals surface area contributed by atoms with Gasteiger partial charge < -0.3 is 20.5 Å². The zero-order valence-electron chi connectivity index (χ0n) is 11.5. The van der Waals surface area contributed by atoms with Gasteiger partial charge in [-0.2, -0.15) is 15.1 Å². The van der Waals surface area contributed by atoms with Gasteiger partial charge in [-0.05, 0) is 12.1 Å². The Bertz CT molecular complexity index is 785. The third-order valence-corrected chi connectivity index (χ3v) is 2.99. The second kappa shape index (κ2) is 5.16. The Balaban J connectivity index is 2.04. The fraction of sp³-hybridized carbons (Fsp3) is 0.154. The van der Waals surface area contributed by atoms with Crippen LogP contribution in [0.15, 0.2) is 24.4 Å². The number of hydrogen-bond acceptors (Lipinski definition) is 7. The summed E-state index contributed by atoms with van der Waals surface area (Å²) in [7, 11) is 3.18. The molecule has 0 unspecified atom stereocenters. The summed E-state index contributed by atoms with van der Waals surface area (Å²) in [6.45, 7) is 0. The number of methoxy groups -OCH3 is 2. The van der Waals surface area contributed by atoms with Gasteiger partial charge in [-0.3, -0.25) is 5.10 Å². The monoisotopic (exact) mass is 286 g/mol. The van der Waals surface area contributed by atoms with Gasteiger partial charge in [-0.1, -0.05) is 0 Å². The molecular weight excluding hydrogens is 272 g/mol. The Morgan fingerprint density at radius 3 is 2.81 bits per heavy atom. The van der Waals surface area contributed by atoms with Gasteiger partial charge in [0, 0.05) is 6.07 Å². The van der Waals surface area contributed by atoms with Crippen molar-refractivity contribution in [1.29, 1.82) is 0 Å². The largest absolute Gasteiger partial charge is 0.497 e. The Hall–Kier alpha value is -3.03. The maximum atomic E-state index is 5.69. The van der Waals surface area contributed by atoms with E-state index in [0.717, 1.165) is 11.1 Å². The zero-order valence-corrected chi connectivity index (χ0v) is 11.5. The van der Waals surface area contributed by atoms with Crippen LogP contribution in [-0.2, 0) is 0 Å². The number of benzene rings is 1. The van der Waals surface area contributed by atoms with Crippen LogP contribution in [0.25, 0.3) is 11.0 Å². The van der Waals surface area contributed by atoms with Crippen LogP contribution in [0.4, 0.5) is 17.5 Å². The highest BCUT2D eigenvalue weighted by molar-refractivity contribution is 5.89. The molecule has 0 aliphatic rings. The van der Waals surface area contributed by atoms with Gasteiger partial charge in [0.05, 0.1) is 31.5 Å². The number of ether oxygens (including phenoxy) is 2. The fourth-order valence-electron chi connectivity index (χ4n) is 1.98. The first-order valence-corrected chi connectivity index (χ1v) is 6.17. The molecule has 0 spiro atoms. The van der Waals surface area contributed by atoms with Crippen LogP contribution in [-0.4, -0.2) is 34.4 Å². The predicted molar refractivity (Wildman–Crippen MR) is 78.9 cm³/mol. The number of fused-ring (bicyclic) bond motifs is 1. The summed E-state index contributed by atoms with van der Waals surface area (Å²) in [5.74, 6) is 2.03. The molecule has 0 bridgehead atoms. The van der Waals surface area contributed by atoms with Gasteiger partial charge in [-0.25, -0.2) is 0 Å². The lowest BCUT2D eigenvalue weighted by molar-refractivity contribution is 0.395. The van der Waals surface area contributed by atoms with E-state index in [9.17, 15) is 0 Å². The average Bonchev–Trinajstić information content (AvgIpc) is 2.96. The van der Waals surface area contributed by atoms with E-state index in [1.54, 1.807) is 26.5 Å². The molecule has 0 aliphatic carbocycles. The topological polar surface area (TPSA) is 111 Å². The first kappa shape index (κ1) is 13.0. The van der Waals surface area contributed by atoms with Crippen molar-refractivity contribution in [3.05, 3.63) is 24.4 Å². The highest BCUT2D eigenvalue weighted by Crippen LogP contribution is 2.32. The lowest BCUT2D eigenvalue weighted by atomic mass is 10.2. The molecule has 0 radical (unpaired) electrons. The van der Waals surface area contributed by atoms with Crippen LogP contribution < -0.4 is 20.5 Å². The molecule has 8 heteroatoms. The van der Waals surface area contributed by atoms with Crippen molar-refractivity contribution in [2.75, 3.05) is 25.3 Å². The van der Waals surface area contributed by atoms with Crippen molar-refractivity contribution in [3.8, 4) is 11.5 Å². The van der Waals surface area contributed by atoms with E-state index in [4.69, 9.17) is 15.2 Å². The zero-order chi connectivity index (χ0) is 14.8. The smallest absolute Gasteiger partial charge is 0.224 e. The molecule has 0 saturated carbocycles. The molecule has 8 nitrogen and oxygen atoms in total. The number of rotatable bonds is 4. The molecule has 2 aromatic heterocycles. The molecule has 21 heavy (non-hydrogen) atoms. The Morgan fingerprint density at radius 2 is 2.05 bits per heavy atom. The summed E-state index contributed by atoms with van der Waals surface area (Å²) in [6, 6.07) is 5.43. The molecular formula is C13H14N6O2. The molecule has 4 N–H and O–H groups in total. The molecule has 0 aliphatic heterocycles. The van der Waals surface area contributed by atoms with E-state index in [2.05, 4.69) is 25.5 Å². The summed E-state index contributed by atoms with van der Waals surface area (Å²) >= 11 is 0. The maximum Gasteiger partial charge on any atom is 0.224 e. The number of aromatic nitrogens is 4. The quantitative estimate of drug-likeness (QED) is 0.669. The summed E-state index contributed by atoms with van der Waals surface area (Å²) in [4.78, 5) is 8.26. The van der Waals surface area contributed by atoms with E-state index in [1.807, 2.05) is 12.1 Å². The Morgan fingerprint density at radius 1 is 1.19 bits per heavy atom. The highest BCUT2D eigenvalue weighted by atomic mass is 16.5. The number of nitrogens with one attached hydrogen (secondary N) is 2. The summed E-state index contributed by atoms with van der Waals surface area (Å²) in [5, 5.41) is 10.6. The summed E-state index contributed by atoms with van der Waals surface area (Å²) < 4.78 is 10.5. The van der Waals surface area contributed by atoms with E-state index < -0.39 is 0 Å². The van der Waals surface area contributed by atoms with Crippen LogP contribution in [0, 0.1) is 0 Å². The normalized spacial score (nSPS) is 10.6. The third kappa shape index (κ3) is 2.38. The minimum Gasteiger partial charge on any atom is -0.497 e. The third-order valence-electron chi connectivity index (χ3n) is 2.99. The van der Waals surface area contributed by atoms with Gasteiger partial charge in [0.2, 0.25) is 5.95 Å². The number of anilines is 3. The second-order valence-corrected chi connectivity index (χ2v) is 4.25. The van der Waals surface area contributed by atoms with Crippen molar-refractivity contribution in [3.63, 3.8) is 0 Å². The van der Waals surface area contributed by atoms with Crippen molar-refractivity contribution >= 4 is 28.5 Å². The second-order valence-electron chi connectivity index (χ2n) is 4.25. The van der Waals surface area contributed by atoms with Crippen LogP contribution in [0.5, 0.6) is 11.5 Å². The number of nitrogens with zero attached hydrogens (tertiary/aromatic N) is 3. The summed E-state index contributed by atoms with van der Waals surface area (Å²) in [5.41, 5.74) is 6.99. The van der Waals surface area contributed by atoms with Gasteiger partial charge in [0.15, 0.2) is 5.65 Å². The van der Waals surface area contributed by atoms with Crippen molar-refractivity contribution in [2.24, 2.45) is 0 Å². The maximum absolute atomic E-state index is 5.69. The lowest BCUT2D eigenvalue weighted by Crippen LogP contribution is -2.02. The molecule has 0 saturated heterocycles. The van der Waals surface area contributed by atoms with Gasteiger partial charge in [0.1, 0.15) is 17.3 Å². The predicted octanol–water partition coefficient (Wildman–Crippen LogP) is 1.70. The number of hydrogen-bond donors (Lipinski definition) is 3. The van der Waals surface area contributed by atoms with Crippen LogP contribution >= 0.6 is 0 Å². The molecule has 1 aromatic carbocycles. The number of nitrogens with two attached hydrogens (primary N) is 1. The van der Waals surface area contributed by atoms with Gasteiger partial charge in [-0.15, -0.1) is 0 Å². The SMILES string of the molecule is COc1ccc(Nc2nc(N)nc3[nH]ncc23)c(OC)c1. The van der Waals surface area contributed by atoms with E-state index in [0.29, 0.717) is 23.0 Å². The van der Waals surface area contributed by atoms with Crippen LogP contribution in [0.3, 0.4) is 0 Å². The standard InChI is InChI=1S/C13H14N6O2/c1-20-7-3-4-9(10(5-7)21-2)16-11-8-6-15-19-12(8)18-13(14)17-11/h3-6H,1-2H3,(H4,14,15,16,17,18,19).